The van der Waals surface area contributed by atoms with Crippen molar-refractivity contribution in [2.45, 2.75) is 13.0 Å². The Hall–Kier alpha value is -3.53. The van der Waals surface area contributed by atoms with Gasteiger partial charge in [-0.1, -0.05) is 48.5 Å². The first-order valence-electron chi connectivity index (χ1n) is 9.38. The van der Waals surface area contributed by atoms with E-state index in [-0.39, 0.29) is 12.5 Å². The van der Waals surface area contributed by atoms with Crippen molar-refractivity contribution in [1.29, 1.82) is 0 Å². The second kappa shape index (κ2) is 6.89. The minimum absolute atomic E-state index is 0.109. The van der Waals surface area contributed by atoms with E-state index in [1.807, 2.05) is 48.5 Å². The first-order valence-corrected chi connectivity index (χ1v) is 9.38. The van der Waals surface area contributed by atoms with Gasteiger partial charge in [-0.25, -0.2) is 0 Å². The molecule has 0 radical (unpaired) electrons. The minimum Gasteiger partial charge on any atom is -0.486 e. The lowest BCUT2D eigenvalue weighted by molar-refractivity contribution is 0.0958. The van der Waals surface area contributed by atoms with E-state index >= 15 is 0 Å². The molecule has 1 aliphatic heterocycles. The monoisotopic (exact) mass is 369 g/mol. The van der Waals surface area contributed by atoms with Crippen molar-refractivity contribution in [3.8, 4) is 5.75 Å². The van der Waals surface area contributed by atoms with Crippen molar-refractivity contribution in [3.05, 3.63) is 95.9 Å². The second-order valence-corrected chi connectivity index (χ2v) is 6.90. The average Bonchev–Trinajstić information content (AvgIpc) is 3.39. The number of hydrogen-bond acceptors (Lipinski definition) is 3. The summed E-state index contributed by atoms with van der Waals surface area (Å²) in [7, 11) is 0. The van der Waals surface area contributed by atoms with E-state index in [0.717, 1.165) is 23.2 Å². The van der Waals surface area contributed by atoms with Crippen LogP contribution in [-0.2, 0) is 13.0 Å². The first-order chi connectivity index (χ1) is 13.8. The molecule has 0 unspecified atom stereocenters. The maximum atomic E-state index is 12.8. The van der Waals surface area contributed by atoms with Gasteiger partial charge < -0.3 is 14.1 Å². The number of carbonyl (C=O) groups excluding carboxylic acids is 1. The van der Waals surface area contributed by atoms with Crippen LogP contribution in [0.2, 0.25) is 0 Å². The highest BCUT2D eigenvalue weighted by Crippen LogP contribution is 2.29. The number of amides is 1. The molecule has 138 valence electrons. The topological polar surface area (TPSA) is 42.7 Å². The molecule has 1 amide bonds. The minimum atomic E-state index is -0.109. The SMILES string of the molecule is O=C(c1ccc(COc2ccc3ccccc3c2)o1)N1CCc2ccccc21. The fourth-order valence-corrected chi connectivity index (χ4v) is 3.66. The van der Waals surface area contributed by atoms with E-state index in [1.54, 1.807) is 17.0 Å². The smallest absolute Gasteiger partial charge is 0.293 e. The standard InChI is InChI=1S/C24H19NO3/c26-24(25-14-13-18-6-3-4-8-22(18)25)23-12-11-21(28-23)16-27-20-10-9-17-5-1-2-7-19(17)15-20/h1-12,15H,13-14,16H2. The van der Waals surface area contributed by atoms with Gasteiger partial charge in [0.15, 0.2) is 5.76 Å². The van der Waals surface area contributed by atoms with Crippen LogP contribution in [0.5, 0.6) is 5.75 Å². The third kappa shape index (κ3) is 3.03. The fourth-order valence-electron chi connectivity index (χ4n) is 3.66. The van der Waals surface area contributed by atoms with Crippen LogP contribution in [0.4, 0.5) is 5.69 Å². The summed E-state index contributed by atoms with van der Waals surface area (Å²) in [6.45, 7) is 0.962. The van der Waals surface area contributed by atoms with E-state index < -0.39 is 0 Å². The molecule has 0 aliphatic carbocycles. The summed E-state index contributed by atoms with van der Waals surface area (Å²) in [5.41, 5.74) is 2.17. The van der Waals surface area contributed by atoms with Crippen molar-refractivity contribution in [2.24, 2.45) is 0 Å². The third-order valence-electron chi connectivity index (χ3n) is 5.11. The van der Waals surface area contributed by atoms with Crippen molar-refractivity contribution in [2.75, 3.05) is 11.4 Å². The Kier molecular flexibility index (Phi) is 4.09. The van der Waals surface area contributed by atoms with Crippen LogP contribution in [0.15, 0.2) is 83.3 Å². The molecule has 3 aromatic carbocycles. The predicted molar refractivity (Wildman–Crippen MR) is 109 cm³/mol. The molecule has 28 heavy (non-hydrogen) atoms. The summed E-state index contributed by atoms with van der Waals surface area (Å²) < 4.78 is 11.6. The number of anilines is 1. The van der Waals surface area contributed by atoms with Gasteiger partial charge in [0.1, 0.15) is 18.1 Å². The fraction of sp³-hybridized carbons (Fsp3) is 0.125. The number of ether oxygens (including phenoxy) is 1. The molecular weight excluding hydrogens is 350 g/mol. The number of carbonyl (C=O) groups is 1. The van der Waals surface area contributed by atoms with Gasteiger partial charge in [-0.3, -0.25) is 4.79 Å². The molecule has 0 N–H and O–H groups in total. The number of hydrogen-bond donors (Lipinski definition) is 0. The number of para-hydroxylation sites is 1. The number of rotatable bonds is 4. The summed E-state index contributed by atoms with van der Waals surface area (Å²) in [4.78, 5) is 14.6. The number of furan rings is 1. The van der Waals surface area contributed by atoms with Gasteiger partial charge in [0.2, 0.25) is 0 Å². The van der Waals surface area contributed by atoms with Crippen molar-refractivity contribution >= 4 is 22.4 Å². The van der Waals surface area contributed by atoms with Crippen LogP contribution in [-0.4, -0.2) is 12.5 Å². The van der Waals surface area contributed by atoms with Gasteiger partial charge in [0.25, 0.3) is 5.91 Å². The quantitative estimate of drug-likeness (QED) is 0.496. The van der Waals surface area contributed by atoms with Crippen molar-refractivity contribution < 1.29 is 13.9 Å². The van der Waals surface area contributed by atoms with Crippen LogP contribution in [0.1, 0.15) is 21.9 Å². The largest absolute Gasteiger partial charge is 0.486 e. The molecule has 5 rings (SSSR count). The summed E-state index contributed by atoms with van der Waals surface area (Å²) in [5, 5.41) is 2.30. The Morgan fingerprint density at radius 1 is 0.929 bits per heavy atom. The molecule has 4 aromatic rings. The highest BCUT2D eigenvalue weighted by Gasteiger charge is 2.27. The van der Waals surface area contributed by atoms with Gasteiger partial charge in [0, 0.05) is 12.2 Å². The Bertz CT molecular complexity index is 1160. The Balaban J connectivity index is 1.29. The number of benzene rings is 3. The van der Waals surface area contributed by atoms with E-state index in [1.165, 1.54) is 10.9 Å². The molecule has 0 saturated heterocycles. The summed E-state index contributed by atoms with van der Waals surface area (Å²) >= 11 is 0. The molecule has 0 fully saturated rings. The van der Waals surface area contributed by atoms with Crippen LogP contribution < -0.4 is 9.64 Å². The van der Waals surface area contributed by atoms with Gasteiger partial charge in [0.05, 0.1) is 0 Å². The van der Waals surface area contributed by atoms with Crippen LogP contribution in [0, 0.1) is 0 Å². The Labute approximate surface area is 163 Å². The molecule has 0 bridgehead atoms. The lowest BCUT2D eigenvalue weighted by atomic mass is 10.1. The van der Waals surface area contributed by atoms with E-state index in [4.69, 9.17) is 9.15 Å². The molecule has 4 heteroatoms. The highest BCUT2D eigenvalue weighted by atomic mass is 16.5. The zero-order valence-corrected chi connectivity index (χ0v) is 15.3. The number of fused-ring (bicyclic) bond motifs is 2. The van der Waals surface area contributed by atoms with E-state index in [0.29, 0.717) is 18.1 Å². The first kappa shape index (κ1) is 16.6. The van der Waals surface area contributed by atoms with Gasteiger partial charge in [-0.05, 0) is 53.1 Å². The van der Waals surface area contributed by atoms with Crippen LogP contribution >= 0.6 is 0 Å². The average molecular weight is 369 g/mol. The van der Waals surface area contributed by atoms with E-state index in [9.17, 15) is 4.79 Å². The number of nitrogens with zero attached hydrogens (tertiary/aromatic N) is 1. The zero-order valence-electron chi connectivity index (χ0n) is 15.3. The van der Waals surface area contributed by atoms with E-state index in [2.05, 4.69) is 18.2 Å². The van der Waals surface area contributed by atoms with Crippen molar-refractivity contribution in [3.63, 3.8) is 0 Å². The normalized spacial score (nSPS) is 12.9. The maximum absolute atomic E-state index is 12.8. The molecular formula is C24H19NO3. The maximum Gasteiger partial charge on any atom is 0.293 e. The molecule has 1 aromatic heterocycles. The summed E-state index contributed by atoms with van der Waals surface area (Å²) in [6.07, 6.45) is 0.876. The molecule has 2 heterocycles. The Morgan fingerprint density at radius 3 is 2.68 bits per heavy atom. The Morgan fingerprint density at radius 2 is 1.75 bits per heavy atom. The zero-order chi connectivity index (χ0) is 18.9. The van der Waals surface area contributed by atoms with Crippen LogP contribution in [0.25, 0.3) is 10.8 Å². The van der Waals surface area contributed by atoms with Gasteiger partial charge in [-0.15, -0.1) is 0 Å². The summed E-state index contributed by atoms with van der Waals surface area (Å²) in [5.74, 6) is 1.64. The predicted octanol–water partition coefficient (Wildman–Crippen LogP) is 5.21. The third-order valence-corrected chi connectivity index (χ3v) is 5.11. The lowest BCUT2D eigenvalue weighted by Gasteiger charge is -2.15. The molecule has 0 atom stereocenters. The molecule has 1 aliphatic rings. The molecule has 0 spiro atoms. The summed E-state index contributed by atoms with van der Waals surface area (Å²) in [6, 6.07) is 25.7. The van der Waals surface area contributed by atoms with Crippen LogP contribution in [0.3, 0.4) is 0 Å². The van der Waals surface area contributed by atoms with Gasteiger partial charge >= 0.3 is 0 Å². The molecule has 4 nitrogen and oxygen atoms in total. The highest BCUT2D eigenvalue weighted by molar-refractivity contribution is 6.05. The van der Waals surface area contributed by atoms with Gasteiger partial charge in [-0.2, -0.15) is 0 Å². The lowest BCUT2D eigenvalue weighted by Crippen LogP contribution is -2.28. The second-order valence-electron chi connectivity index (χ2n) is 6.90. The van der Waals surface area contributed by atoms with Crippen molar-refractivity contribution in [1.82, 2.24) is 0 Å². The molecule has 0 saturated carbocycles.